The van der Waals surface area contributed by atoms with Crippen molar-refractivity contribution >= 4 is 34.4 Å². The molecule has 3 N–H and O–H groups in total. The van der Waals surface area contributed by atoms with E-state index in [9.17, 15) is 14.4 Å². The Balaban J connectivity index is 2.35. The van der Waals surface area contributed by atoms with Crippen LogP contribution in [0.25, 0.3) is 0 Å². The van der Waals surface area contributed by atoms with Crippen molar-refractivity contribution in [3.63, 3.8) is 0 Å². The Morgan fingerprint density at radius 2 is 2.11 bits per heavy atom. The molecule has 0 spiro atoms. The lowest BCUT2D eigenvalue weighted by atomic mass is 10.0. The molecule has 3 amide bonds. The Hall–Kier alpha value is -1.96. The zero-order chi connectivity index (χ0) is 14.4. The van der Waals surface area contributed by atoms with Gasteiger partial charge < -0.3 is 5.11 Å². The maximum absolute atomic E-state index is 11.5. The Morgan fingerprint density at radius 3 is 2.63 bits per heavy atom. The molecule has 8 heteroatoms. The summed E-state index contributed by atoms with van der Waals surface area (Å²) >= 11 is 1.29. The largest absolute Gasteiger partial charge is 0.481 e. The van der Waals surface area contributed by atoms with Crippen LogP contribution in [0.3, 0.4) is 0 Å². The highest BCUT2D eigenvalue weighted by Crippen LogP contribution is 2.16. The molecule has 1 aromatic heterocycles. The number of hydrogen-bond donors (Lipinski definition) is 3. The molecule has 0 saturated heterocycles. The molecule has 1 rings (SSSR count). The molecular weight excluding hydrogens is 270 g/mol. The van der Waals surface area contributed by atoms with Crippen molar-refractivity contribution in [1.82, 2.24) is 10.3 Å². The fourth-order valence-electron chi connectivity index (χ4n) is 1.41. The van der Waals surface area contributed by atoms with E-state index in [1.807, 2.05) is 6.92 Å². The highest BCUT2D eigenvalue weighted by atomic mass is 32.1. The number of carboxylic acids is 1. The average molecular weight is 285 g/mol. The lowest BCUT2D eigenvalue weighted by Gasteiger charge is -2.08. The normalized spacial score (nSPS) is 11.7. The number of nitrogens with zero attached hydrogens (tertiary/aromatic N) is 1. The molecule has 0 aliphatic carbocycles. The van der Waals surface area contributed by atoms with Gasteiger partial charge in [0.2, 0.25) is 5.91 Å². The number of aryl methyl sites for hydroxylation is 1. The summed E-state index contributed by atoms with van der Waals surface area (Å²) < 4.78 is 0. The molecule has 1 heterocycles. The third-order valence-corrected chi connectivity index (χ3v) is 2.98. The summed E-state index contributed by atoms with van der Waals surface area (Å²) in [4.78, 5) is 38.2. The van der Waals surface area contributed by atoms with Gasteiger partial charge in [0.1, 0.15) is 0 Å². The number of anilines is 1. The molecule has 7 nitrogen and oxygen atoms in total. The van der Waals surface area contributed by atoms with Crippen LogP contribution in [0.2, 0.25) is 0 Å². The Morgan fingerprint density at radius 1 is 1.42 bits per heavy atom. The van der Waals surface area contributed by atoms with Crippen LogP contribution in [0.4, 0.5) is 9.93 Å². The average Bonchev–Trinajstić information content (AvgIpc) is 2.61. The molecule has 0 aliphatic heterocycles. The van der Waals surface area contributed by atoms with Crippen molar-refractivity contribution in [1.29, 1.82) is 0 Å². The van der Waals surface area contributed by atoms with Gasteiger partial charge in [-0.3, -0.25) is 20.2 Å². The smallest absolute Gasteiger partial charge is 0.327 e. The van der Waals surface area contributed by atoms with Gasteiger partial charge >= 0.3 is 12.0 Å². The number of carboxylic acid groups (broad SMARTS) is 1. The van der Waals surface area contributed by atoms with Crippen LogP contribution in [-0.2, 0) is 9.59 Å². The quantitative estimate of drug-likeness (QED) is 0.761. The number of hydrogen-bond acceptors (Lipinski definition) is 5. The van der Waals surface area contributed by atoms with E-state index in [4.69, 9.17) is 5.11 Å². The van der Waals surface area contributed by atoms with Crippen LogP contribution in [0.5, 0.6) is 0 Å². The first kappa shape index (κ1) is 15.1. The van der Waals surface area contributed by atoms with Gasteiger partial charge in [-0.15, -0.1) is 11.3 Å². The van der Waals surface area contributed by atoms with Crippen LogP contribution in [0.1, 0.15) is 24.6 Å². The molecule has 1 aromatic rings. The summed E-state index contributed by atoms with van der Waals surface area (Å²) in [7, 11) is 0. The molecule has 0 saturated carbocycles. The molecule has 0 aliphatic rings. The van der Waals surface area contributed by atoms with Gasteiger partial charge in [-0.2, -0.15) is 0 Å². The number of imide groups is 1. The third-order valence-electron chi connectivity index (χ3n) is 2.15. The molecule has 0 bridgehead atoms. The molecule has 1 unspecified atom stereocenters. The Labute approximate surface area is 114 Å². The monoisotopic (exact) mass is 285 g/mol. The van der Waals surface area contributed by atoms with Gasteiger partial charge in [-0.05, 0) is 12.8 Å². The van der Waals surface area contributed by atoms with E-state index in [-0.39, 0.29) is 18.8 Å². The molecule has 1 atom stereocenters. The summed E-state index contributed by atoms with van der Waals surface area (Å²) in [6.45, 7) is 3.48. The Kier molecular flexibility index (Phi) is 5.43. The molecule has 0 radical (unpaired) electrons. The molecule has 19 heavy (non-hydrogen) atoms. The number of aromatic nitrogens is 1. The van der Waals surface area contributed by atoms with Gasteiger partial charge in [0, 0.05) is 23.9 Å². The SMILES string of the molecule is Cc1cnc(NC(=O)NC(=O)CC(C)CC(=O)O)s1. The lowest BCUT2D eigenvalue weighted by Crippen LogP contribution is -2.35. The fraction of sp³-hybridized carbons (Fsp3) is 0.455. The second kappa shape index (κ2) is 6.83. The van der Waals surface area contributed by atoms with E-state index in [1.54, 1.807) is 13.1 Å². The number of amides is 3. The van der Waals surface area contributed by atoms with E-state index in [2.05, 4.69) is 15.6 Å². The van der Waals surface area contributed by atoms with E-state index >= 15 is 0 Å². The van der Waals surface area contributed by atoms with Gasteiger partial charge in [0.15, 0.2) is 5.13 Å². The predicted molar refractivity (Wildman–Crippen MR) is 70.0 cm³/mol. The number of rotatable bonds is 5. The maximum Gasteiger partial charge on any atom is 0.327 e. The molecular formula is C11H15N3O4S. The van der Waals surface area contributed by atoms with E-state index < -0.39 is 17.9 Å². The van der Waals surface area contributed by atoms with Crippen molar-refractivity contribution in [2.75, 3.05) is 5.32 Å². The van der Waals surface area contributed by atoms with Gasteiger partial charge in [0.25, 0.3) is 0 Å². The maximum atomic E-state index is 11.5. The summed E-state index contributed by atoms with van der Waals surface area (Å²) in [5.41, 5.74) is 0. The number of carbonyl (C=O) groups is 3. The first-order valence-corrected chi connectivity index (χ1v) is 6.43. The number of aliphatic carboxylic acids is 1. The summed E-state index contributed by atoms with van der Waals surface area (Å²) in [6, 6.07) is -0.665. The van der Waals surface area contributed by atoms with E-state index in [1.165, 1.54) is 11.3 Å². The first-order chi connectivity index (χ1) is 8.86. The standard InChI is InChI=1S/C11H15N3O4S/c1-6(4-9(16)17)3-8(15)13-10(18)14-11-12-5-7(2)19-11/h5-6H,3-4H2,1-2H3,(H,16,17)(H2,12,13,14,15,18). The van der Waals surface area contributed by atoms with Gasteiger partial charge in [0.05, 0.1) is 0 Å². The van der Waals surface area contributed by atoms with E-state index in [0.717, 1.165) is 4.88 Å². The molecule has 0 aromatic carbocycles. The minimum absolute atomic E-state index is 0.0172. The van der Waals surface area contributed by atoms with Gasteiger partial charge in [-0.25, -0.2) is 9.78 Å². The van der Waals surface area contributed by atoms with Crippen molar-refractivity contribution in [2.45, 2.75) is 26.7 Å². The molecule has 104 valence electrons. The second-order valence-electron chi connectivity index (χ2n) is 4.19. The van der Waals surface area contributed by atoms with Crippen molar-refractivity contribution in [2.24, 2.45) is 5.92 Å². The number of thiazole rings is 1. The number of carbonyl (C=O) groups excluding carboxylic acids is 2. The van der Waals surface area contributed by atoms with Crippen LogP contribution in [-0.4, -0.2) is 28.0 Å². The van der Waals surface area contributed by atoms with Gasteiger partial charge in [-0.1, -0.05) is 6.92 Å². The van der Waals surface area contributed by atoms with Crippen LogP contribution >= 0.6 is 11.3 Å². The number of nitrogens with one attached hydrogen (secondary N) is 2. The molecule has 0 fully saturated rings. The summed E-state index contributed by atoms with van der Waals surface area (Å²) in [5.74, 6) is -1.81. The van der Waals surface area contributed by atoms with Crippen molar-refractivity contribution in [3.05, 3.63) is 11.1 Å². The number of urea groups is 1. The van der Waals surface area contributed by atoms with Crippen LogP contribution in [0.15, 0.2) is 6.20 Å². The third kappa shape index (κ3) is 5.96. The minimum atomic E-state index is -0.969. The highest BCUT2D eigenvalue weighted by molar-refractivity contribution is 7.15. The van der Waals surface area contributed by atoms with Crippen molar-refractivity contribution in [3.8, 4) is 0 Å². The summed E-state index contributed by atoms with van der Waals surface area (Å²) in [5, 5.41) is 13.5. The highest BCUT2D eigenvalue weighted by Gasteiger charge is 2.15. The van der Waals surface area contributed by atoms with Crippen LogP contribution in [0, 0.1) is 12.8 Å². The summed E-state index contributed by atoms with van der Waals surface area (Å²) in [6.07, 6.45) is 1.48. The Bertz CT molecular complexity index is 486. The zero-order valence-electron chi connectivity index (χ0n) is 10.6. The predicted octanol–water partition coefficient (Wildman–Crippen LogP) is 1.60. The lowest BCUT2D eigenvalue weighted by molar-refractivity contribution is -0.138. The second-order valence-corrected chi connectivity index (χ2v) is 5.42. The van der Waals surface area contributed by atoms with Crippen LogP contribution < -0.4 is 10.6 Å². The first-order valence-electron chi connectivity index (χ1n) is 5.62. The topological polar surface area (TPSA) is 108 Å². The fourth-order valence-corrected chi connectivity index (χ4v) is 2.06. The minimum Gasteiger partial charge on any atom is -0.481 e. The van der Waals surface area contributed by atoms with E-state index in [0.29, 0.717) is 5.13 Å². The van der Waals surface area contributed by atoms with Crippen molar-refractivity contribution < 1.29 is 19.5 Å². The zero-order valence-corrected chi connectivity index (χ0v) is 11.4.